The highest BCUT2D eigenvalue weighted by molar-refractivity contribution is 6.01. The van der Waals surface area contributed by atoms with Gasteiger partial charge < -0.3 is 14.8 Å². The maximum absolute atomic E-state index is 13.8. The van der Waals surface area contributed by atoms with Crippen molar-refractivity contribution in [1.29, 1.82) is 0 Å². The fourth-order valence-electron chi connectivity index (χ4n) is 7.98. The Bertz CT molecular complexity index is 2020. The van der Waals surface area contributed by atoms with Gasteiger partial charge in [-0.3, -0.25) is 19.3 Å². The molecule has 2 amide bonds. The molecule has 0 bridgehead atoms. The smallest absolute Gasteiger partial charge is 0.244 e. The maximum atomic E-state index is 13.8. The third-order valence-electron chi connectivity index (χ3n) is 10.7. The molecule has 2 heterocycles. The van der Waals surface area contributed by atoms with E-state index in [0.29, 0.717) is 19.4 Å². The number of carbonyl (C=O) groups excluding carboxylic acids is 3. The Morgan fingerprint density at radius 3 is 2.37 bits per heavy atom. The molecule has 7 nitrogen and oxygen atoms in total. The van der Waals surface area contributed by atoms with Gasteiger partial charge in [0.1, 0.15) is 0 Å². The Labute approximate surface area is 301 Å². The second kappa shape index (κ2) is 15.5. The second-order valence-corrected chi connectivity index (χ2v) is 14.2. The highest BCUT2D eigenvalue weighted by atomic mass is 16.2. The molecule has 0 radical (unpaired) electrons. The second-order valence-electron chi connectivity index (χ2n) is 14.2. The Hall–Kier alpha value is -5.01. The number of likely N-dealkylation sites (tertiary alicyclic amines) is 1. The number of hydrogen-bond donors (Lipinski definition) is 1. The largest absolute Gasteiger partial charge is 0.354 e. The minimum absolute atomic E-state index is 0.00811. The van der Waals surface area contributed by atoms with Crippen LogP contribution in [0.2, 0.25) is 0 Å². The first-order valence-electron chi connectivity index (χ1n) is 18.5. The number of aromatic nitrogens is 1. The fraction of sp³-hybridized carbons (Fsp3) is 0.341. The number of nitrogens with zero attached hydrogens (tertiary/aromatic N) is 3. The van der Waals surface area contributed by atoms with E-state index in [9.17, 15) is 14.4 Å². The molecular weight excluding hydrogens is 633 g/mol. The molecule has 0 spiro atoms. The van der Waals surface area contributed by atoms with Crippen LogP contribution in [0.1, 0.15) is 54.0 Å². The summed E-state index contributed by atoms with van der Waals surface area (Å²) >= 11 is 0. The van der Waals surface area contributed by atoms with Crippen molar-refractivity contribution >= 4 is 34.2 Å². The lowest BCUT2D eigenvalue weighted by Crippen LogP contribution is -2.44. The lowest BCUT2D eigenvalue weighted by molar-refractivity contribution is -0.134. The standard InChI is InChI=1S/C44H48N4O3/c1-3-23-48(42(50)28-32-13-8-5-9-14-32)30-36(49)27-33-16-19-37-34(26-33)17-20-38-39-29-35(18-21-40(39)45-43(37)38)46(2)44(51)41-15-10-24-47(41)25-22-31-11-6-4-7-12-31/h4-9,11-14,16,18-19,21,26,29,41,45H,3,10,15,17,20,22-25,27-28,30H2,1-2H3. The summed E-state index contributed by atoms with van der Waals surface area (Å²) in [6.45, 7) is 4.59. The third-order valence-corrected chi connectivity index (χ3v) is 10.7. The number of amides is 2. The van der Waals surface area contributed by atoms with Crippen molar-refractivity contribution in [2.45, 2.75) is 64.3 Å². The van der Waals surface area contributed by atoms with Gasteiger partial charge in [-0.25, -0.2) is 0 Å². The lowest BCUT2D eigenvalue weighted by atomic mass is 9.87. The summed E-state index contributed by atoms with van der Waals surface area (Å²) in [6.07, 6.45) is 6.08. The average molecular weight is 681 g/mol. The van der Waals surface area contributed by atoms with Crippen molar-refractivity contribution < 1.29 is 14.4 Å². The molecule has 7 heteroatoms. The Kier molecular flexibility index (Phi) is 10.5. The number of fused-ring (bicyclic) bond motifs is 5. The number of aryl methyl sites for hydroxylation is 2. The number of carbonyl (C=O) groups is 3. The molecule has 1 atom stereocenters. The van der Waals surface area contributed by atoms with Crippen LogP contribution in [-0.4, -0.2) is 71.6 Å². The summed E-state index contributed by atoms with van der Waals surface area (Å²) in [5.41, 5.74) is 10.0. The monoisotopic (exact) mass is 680 g/mol. The minimum Gasteiger partial charge on any atom is -0.354 e. The van der Waals surface area contributed by atoms with E-state index in [0.717, 1.165) is 85.0 Å². The zero-order valence-corrected chi connectivity index (χ0v) is 29.9. The van der Waals surface area contributed by atoms with E-state index in [2.05, 4.69) is 64.5 Å². The zero-order chi connectivity index (χ0) is 35.3. The quantitative estimate of drug-likeness (QED) is 0.143. The van der Waals surface area contributed by atoms with Crippen LogP contribution in [0.15, 0.2) is 97.1 Å². The van der Waals surface area contributed by atoms with Gasteiger partial charge in [0.15, 0.2) is 5.78 Å². The number of Topliss-reactive ketones (excluding diaryl/α,β-unsaturated/α-hetero) is 1. The number of ketones is 1. The number of likely N-dealkylation sites (N-methyl/N-ethyl adjacent to an activating group) is 1. The van der Waals surface area contributed by atoms with E-state index in [1.54, 1.807) is 4.90 Å². The number of benzene rings is 4. The molecule has 1 aliphatic heterocycles. The number of nitrogens with one attached hydrogen (secondary N) is 1. The summed E-state index contributed by atoms with van der Waals surface area (Å²) < 4.78 is 0. The van der Waals surface area contributed by atoms with Gasteiger partial charge in [-0.2, -0.15) is 0 Å². The van der Waals surface area contributed by atoms with E-state index >= 15 is 0 Å². The number of H-pyrrole nitrogens is 1. The first-order valence-corrected chi connectivity index (χ1v) is 18.5. The molecule has 7 rings (SSSR count). The van der Waals surface area contributed by atoms with E-state index in [1.807, 2.05) is 61.3 Å². The van der Waals surface area contributed by atoms with Crippen LogP contribution in [0.3, 0.4) is 0 Å². The lowest BCUT2D eigenvalue weighted by Gasteiger charge is -2.28. The van der Waals surface area contributed by atoms with Gasteiger partial charge in [-0.1, -0.05) is 85.8 Å². The normalized spacial score (nSPS) is 15.4. The number of rotatable bonds is 13. The van der Waals surface area contributed by atoms with Crippen molar-refractivity contribution in [3.63, 3.8) is 0 Å². The topological polar surface area (TPSA) is 76.7 Å². The van der Waals surface area contributed by atoms with Crippen LogP contribution >= 0.6 is 0 Å². The number of anilines is 1. The molecule has 1 aliphatic carbocycles. The Morgan fingerprint density at radius 2 is 1.61 bits per heavy atom. The van der Waals surface area contributed by atoms with Crippen LogP contribution in [0.25, 0.3) is 22.2 Å². The van der Waals surface area contributed by atoms with Crippen LogP contribution in [-0.2, 0) is 46.5 Å². The van der Waals surface area contributed by atoms with Crippen LogP contribution in [0, 0.1) is 0 Å². The van der Waals surface area contributed by atoms with Crippen LogP contribution in [0.5, 0.6) is 0 Å². The summed E-state index contributed by atoms with van der Waals surface area (Å²) in [6, 6.07) is 32.8. The van der Waals surface area contributed by atoms with Gasteiger partial charge in [0.05, 0.1) is 19.0 Å². The molecule has 1 N–H and O–H groups in total. The van der Waals surface area contributed by atoms with Gasteiger partial charge in [0.25, 0.3) is 0 Å². The van der Waals surface area contributed by atoms with Gasteiger partial charge in [0, 0.05) is 54.4 Å². The third kappa shape index (κ3) is 7.69. The summed E-state index contributed by atoms with van der Waals surface area (Å²) in [5, 5.41) is 1.16. The molecule has 1 aromatic heterocycles. The Balaban J connectivity index is 1.02. The Morgan fingerprint density at radius 1 is 0.843 bits per heavy atom. The first kappa shape index (κ1) is 34.4. The van der Waals surface area contributed by atoms with Crippen molar-refractivity contribution in [2.24, 2.45) is 0 Å². The van der Waals surface area contributed by atoms with Crippen molar-refractivity contribution in [1.82, 2.24) is 14.8 Å². The molecule has 262 valence electrons. The molecule has 0 saturated carbocycles. The first-order chi connectivity index (χ1) is 24.9. The van der Waals surface area contributed by atoms with E-state index in [-0.39, 0.29) is 30.2 Å². The van der Waals surface area contributed by atoms with Crippen LogP contribution in [0.4, 0.5) is 5.69 Å². The van der Waals surface area contributed by atoms with E-state index in [1.165, 1.54) is 22.3 Å². The van der Waals surface area contributed by atoms with Crippen molar-refractivity contribution in [3.8, 4) is 11.3 Å². The molecule has 5 aromatic rings. The van der Waals surface area contributed by atoms with E-state index in [4.69, 9.17) is 0 Å². The van der Waals surface area contributed by atoms with E-state index < -0.39 is 0 Å². The summed E-state index contributed by atoms with van der Waals surface area (Å²) in [7, 11) is 1.91. The molecule has 4 aromatic carbocycles. The number of hydrogen-bond acceptors (Lipinski definition) is 4. The van der Waals surface area contributed by atoms with Crippen molar-refractivity contribution in [2.75, 3.05) is 38.1 Å². The molecular formula is C44H48N4O3. The van der Waals surface area contributed by atoms with Gasteiger partial charge >= 0.3 is 0 Å². The highest BCUT2D eigenvalue weighted by Crippen LogP contribution is 2.39. The van der Waals surface area contributed by atoms with Crippen LogP contribution < -0.4 is 4.90 Å². The van der Waals surface area contributed by atoms with Crippen molar-refractivity contribution in [3.05, 3.63) is 125 Å². The number of aromatic amines is 1. The van der Waals surface area contributed by atoms with Gasteiger partial charge in [-0.05, 0) is 91.1 Å². The minimum atomic E-state index is -0.0907. The molecule has 1 saturated heterocycles. The zero-order valence-electron chi connectivity index (χ0n) is 29.9. The predicted molar refractivity (Wildman–Crippen MR) is 205 cm³/mol. The average Bonchev–Trinajstić information content (AvgIpc) is 3.78. The summed E-state index contributed by atoms with van der Waals surface area (Å²) in [5.74, 6) is 0.205. The fourth-order valence-corrected chi connectivity index (χ4v) is 7.98. The SMILES string of the molecule is CCCN(CC(=O)Cc1ccc2c(c1)CCc1c-2[nH]c2ccc(N(C)C(=O)C3CCCN3CCc3ccccc3)cc12)C(=O)Cc1ccccc1. The molecule has 1 unspecified atom stereocenters. The molecule has 2 aliphatic rings. The molecule has 51 heavy (non-hydrogen) atoms. The van der Waals surface area contributed by atoms with Gasteiger partial charge in [0.2, 0.25) is 11.8 Å². The maximum Gasteiger partial charge on any atom is 0.244 e. The summed E-state index contributed by atoms with van der Waals surface area (Å²) in [4.78, 5) is 49.7. The predicted octanol–water partition coefficient (Wildman–Crippen LogP) is 7.20. The van der Waals surface area contributed by atoms with Gasteiger partial charge in [-0.15, -0.1) is 0 Å². The highest BCUT2D eigenvalue weighted by Gasteiger charge is 2.33. The molecule has 1 fully saturated rings.